The predicted molar refractivity (Wildman–Crippen MR) is 120 cm³/mol. The summed E-state index contributed by atoms with van der Waals surface area (Å²) >= 11 is 0. The van der Waals surface area contributed by atoms with E-state index in [2.05, 4.69) is 110 Å². The van der Waals surface area contributed by atoms with Gasteiger partial charge < -0.3 is 4.74 Å². The van der Waals surface area contributed by atoms with Gasteiger partial charge in [-0.2, -0.15) is 0 Å². The van der Waals surface area contributed by atoms with Gasteiger partial charge in [0, 0.05) is 11.1 Å². The molecule has 0 atom stereocenters. The lowest BCUT2D eigenvalue weighted by atomic mass is 9.67. The zero-order chi connectivity index (χ0) is 19.4. The largest absolute Gasteiger partial charge is 0.457 e. The molecule has 0 radical (unpaired) electrons. The van der Waals surface area contributed by atoms with Crippen molar-refractivity contribution in [2.24, 2.45) is 0 Å². The first-order valence-electron chi connectivity index (χ1n) is 10.0. The van der Waals surface area contributed by atoms with Gasteiger partial charge in [-0.1, -0.05) is 91.0 Å². The number of benzene rings is 5. The average Bonchev–Trinajstić information content (AvgIpc) is 2.79. The second kappa shape index (κ2) is 5.96. The van der Waals surface area contributed by atoms with Crippen LogP contribution in [0, 0.1) is 0 Å². The molecule has 0 N–H and O–H groups in total. The van der Waals surface area contributed by atoms with E-state index in [-0.39, 0.29) is 5.41 Å². The van der Waals surface area contributed by atoms with Crippen LogP contribution < -0.4 is 4.74 Å². The molecular formula is C28H20O. The second-order valence-electron chi connectivity index (χ2n) is 7.91. The highest BCUT2D eigenvalue weighted by Crippen LogP contribution is 2.55. The molecule has 1 heteroatoms. The highest BCUT2D eigenvalue weighted by molar-refractivity contribution is 5.96. The molecule has 0 spiro atoms. The molecule has 5 aromatic rings. The van der Waals surface area contributed by atoms with Crippen molar-refractivity contribution in [2.75, 3.05) is 0 Å². The van der Waals surface area contributed by atoms with E-state index < -0.39 is 0 Å². The topological polar surface area (TPSA) is 9.23 Å². The fourth-order valence-electron chi connectivity index (χ4n) is 5.01. The van der Waals surface area contributed by atoms with Crippen LogP contribution in [0.15, 0.2) is 103 Å². The Morgan fingerprint density at radius 2 is 1.00 bits per heavy atom. The van der Waals surface area contributed by atoms with Crippen molar-refractivity contribution >= 4 is 21.5 Å². The fraction of sp³-hybridized carbons (Fsp3) is 0.0714. The maximum absolute atomic E-state index is 6.51. The molecule has 1 aliphatic heterocycles. The Kier molecular flexibility index (Phi) is 3.36. The van der Waals surface area contributed by atoms with Gasteiger partial charge in [0.2, 0.25) is 0 Å². The van der Waals surface area contributed by atoms with Crippen LogP contribution in [0.2, 0.25) is 0 Å². The molecule has 0 bridgehead atoms. The van der Waals surface area contributed by atoms with Crippen LogP contribution in [0.5, 0.6) is 11.5 Å². The summed E-state index contributed by atoms with van der Waals surface area (Å²) in [6, 6.07) is 36.6. The molecule has 6 rings (SSSR count). The normalized spacial score (nSPS) is 14.2. The van der Waals surface area contributed by atoms with Crippen molar-refractivity contribution in [3.63, 3.8) is 0 Å². The van der Waals surface area contributed by atoms with E-state index in [1.54, 1.807) is 0 Å². The molecule has 0 saturated carbocycles. The summed E-state index contributed by atoms with van der Waals surface area (Å²) in [4.78, 5) is 0. The lowest BCUT2D eigenvalue weighted by Gasteiger charge is -2.39. The summed E-state index contributed by atoms with van der Waals surface area (Å²) in [7, 11) is 0. The summed E-state index contributed by atoms with van der Waals surface area (Å²) < 4.78 is 6.51. The van der Waals surface area contributed by atoms with E-state index in [1.807, 2.05) is 0 Å². The van der Waals surface area contributed by atoms with Crippen LogP contribution in [0.4, 0.5) is 0 Å². The fourth-order valence-corrected chi connectivity index (χ4v) is 5.01. The van der Waals surface area contributed by atoms with Gasteiger partial charge in [-0.25, -0.2) is 0 Å². The lowest BCUT2D eigenvalue weighted by Crippen LogP contribution is -2.30. The van der Waals surface area contributed by atoms with E-state index in [0.717, 1.165) is 11.5 Å². The molecule has 5 aromatic carbocycles. The summed E-state index contributed by atoms with van der Waals surface area (Å²) in [5.41, 5.74) is 3.43. The van der Waals surface area contributed by atoms with E-state index in [1.165, 1.54) is 38.2 Å². The number of hydrogen-bond donors (Lipinski definition) is 0. The van der Waals surface area contributed by atoms with Gasteiger partial charge in [-0.3, -0.25) is 0 Å². The minimum absolute atomic E-state index is 0.327. The van der Waals surface area contributed by atoms with Crippen LogP contribution in [-0.4, -0.2) is 0 Å². The average molecular weight is 372 g/mol. The van der Waals surface area contributed by atoms with E-state index >= 15 is 0 Å². The van der Waals surface area contributed by atoms with Gasteiger partial charge in [0.05, 0.1) is 5.41 Å². The zero-order valence-electron chi connectivity index (χ0n) is 16.2. The van der Waals surface area contributed by atoms with E-state index in [9.17, 15) is 0 Å². The number of hydrogen-bond acceptors (Lipinski definition) is 1. The Bertz CT molecular complexity index is 1300. The van der Waals surface area contributed by atoms with Crippen LogP contribution in [-0.2, 0) is 5.41 Å². The number of rotatable bonds is 1. The second-order valence-corrected chi connectivity index (χ2v) is 7.91. The predicted octanol–water partition coefficient (Wildman–Crippen LogP) is 7.45. The van der Waals surface area contributed by atoms with Crippen LogP contribution >= 0.6 is 0 Å². The van der Waals surface area contributed by atoms with Gasteiger partial charge in [0.25, 0.3) is 0 Å². The molecule has 1 aliphatic rings. The molecule has 0 unspecified atom stereocenters. The highest BCUT2D eigenvalue weighted by Gasteiger charge is 2.42. The first-order chi connectivity index (χ1) is 14.3. The minimum Gasteiger partial charge on any atom is -0.457 e. The Morgan fingerprint density at radius 1 is 0.517 bits per heavy atom. The van der Waals surface area contributed by atoms with Gasteiger partial charge in [-0.05, 0) is 46.2 Å². The maximum atomic E-state index is 6.51. The third-order valence-corrected chi connectivity index (χ3v) is 6.35. The molecule has 0 saturated heterocycles. The first kappa shape index (κ1) is 16.4. The van der Waals surface area contributed by atoms with Gasteiger partial charge in [0.15, 0.2) is 0 Å². The Hall–Kier alpha value is -3.58. The number of fused-ring (bicyclic) bond motifs is 6. The molecule has 138 valence electrons. The molecule has 29 heavy (non-hydrogen) atoms. The third-order valence-electron chi connectivity index (χ3n) is 6.35. The van der Waals surface area contributed by atoms with Gasteiger partial charge in [-0.15, -0.1) is 0 Å². The monoisotopic (exact) mass is 372 g/mol. The van der Waals surface area contributed by atoms with Crippen molar-refractivity contribution in [3.8, 4) is 11.5 Å². The molecule has 0 aliphatic carbocycles. The Labute approximate surface area is 170 Å². The molecule has 0 aromatic heterocycles. The lowest BCUT2D eigenvalue weighted by molar-refractivity contribution is 0.432. The number of ether oxygens (including phenoxy) is 1. The summed E-state index contributed by atoms with van der Waals surface area (Å²) in [5, 5.41) is 4.96. The van der Waals surface area contributed by atoms with Crippen molar-refractivity contribution in [1.29, 1.82) is 0 Å². The van der Waals surface area contributed by atoms with Crippen LogP contribution in [0.1, 0.15) is 23.6 Å². The Balaban J connectivity index is 1.82. The molecule has 1 heterocycles. The zero-order valence-corrected chi connectivity index (χ0v) is 16.2. The summed E-state index contributed by atoms with van der Waals surface area (Å²) in [6.45, 7) is 2.35. The van der Waals surface area contributed by atoms with E-state index in [4.69, 9.17) is 4.74 Å². The molecular weight excluding hydrogens is 352 g/mol. The maximum Gasteiger partial charge on any atom is 0.132 e. The summed E-state index contributed by atoms with van der Waals surface area (Å²) in [6.07, 6.45) is 0. The molecule has 0 amide bonds. The van der Waals surface area contributed by atoms with Gasteiger partial charge >= 0.3 is 0 Å². The van der Waals surface area contributed by atoms with Crippen molar-refractivity contribution in [2.45, 2.75) is 12.3 Å². The summed E-state index contributed by atoms with van der Waals surface area (Å²) in [5.74, 6) is 1.88. The Morgan fingerprint density at radius 3 is 1.55 bits per heavy atom. The molecule has 1 nitrogen and oxygen atoms in total. The quantitative estimate of drug-likeness (QED) is 0.297. The van der Waals surface area contributed by atoms with Crippen molar-refractivity contribution < 1.29 is 4.74 Å². The van der Waals surface area contributed by atoms with E-state index in [0.29, 0.717) is 0 Å². The third kappa shape index (κ3) is 2.22. The highest BCUT2D eigenvalue weighted by atomic mass is 16.5. The van der Waals surface area contributed by atoms with Gasteiger partial charge in [0.1, 0.15) is 11.5 Å². The SMILES string of the molecule is CC1(c2ccccc2)c2c(ccc3ccccc23)Oc2ccc3ccccc3c21. The smallest absolute Gasteiger partial charge is 0.132 e. The van der Waals surface area contributed by atoms with Crippen molar-refractivity contribution in [1.82, 2.24) is 0 Å². The minimum atomic E-state index is -0.327. The van der Waals surface area contributed by atoms with Crippen LogP contribution in [0.25, 0.3) is 21.5 Å². The van der Waals surface area contributed by atoms with Crippen LogP contribution in [0.3, 0.4) is 0 Å². The first-order valence-corrected chi connectivity index (χ1v) is 10.0. The standard InChI is InChI=1S/C28H20O/c1-28(21-11-3-2-4-12-21)26-22-13-7-5-9-19(22)15-17-24(26)29-25-18-16-20-10-6-8-14-23(20)27(25)28/h2-18H,1H3. The van der Waals surface area contributed by atoms with Crippen molar-refractivity contribution in [3.05, 3.63) is 120 Å². The molecule has 0 fully saturated rings.